The predicted molar refractivity (Wildman–Crippen MR) is 64.2 cm³/mol. The van der Waals surface area contributed by atoms with Crippen LogP contribution < -0.4 is 10.9 Å². The van der Waals surface area contributed by atoms with Gasteiger partial charge in [0.1, 0.15) is 12.2 Å². The molecule has 3 N–H and O–H groups in total. The van der Waals surface area contributed by atoms with Gasteiger partial charge in [-0.15, -0.1) is 0 Å². The van der Waals surface area contributed by atoms with E-state index < -0.39 is 62.1 Å². The lowest BCUT2D eigenvalue weighted by Crippen LogP contribution is -2.51. The Balaban J connectivity index is 2.36. The highest BCUT2D eigenvalue weighted by Gasteiger charge is 2.40. The van der Waals surface area contributed by atoms with Gasteiger partial charge in [0.2, 0.25) is 5.91 Å². The zero-order valence-corrected chi connectivity index (χ0v) is 11.3. The summed E-state index contributed by atoms with van der Waals surface area (Å²) in [5.74, 6) is -1.79. The largest absolute Gasteiger partial charge is 0.465 e. The number of nitrogens with one attached hydrogen (secondary N) is 2. The van der Waals surface area contributed by atoms with Crippen LogP contribution in [0.15, 0.2) is 0 Å². The van der Waals surface area contributed by atoms with Gasteiger partial charge in [-0.2, -0.15) is 13.2 Å². The molecule has 0 unspecified atom stereocenters. The van der Waals surface area contributed by atoms with Crippen molar-refractivity contribution in [3.05, 3.63) is 0 Å². The molecule has 0 radical (unpaired) electrons. The molecule has 0 bridgehead atoms. The molecule has 1 aliphatic heterocycles. The minimum Gasteiger partial charge on any atom is -0.465 e. The number of rotatable bonds is 4. The summed E-state index contributed by atoms with van der Waals surface area (Å²) >= 11 is 0. The molecule has 0 aromatic rings. The number of alkyl halides is 4. The van der Waals surface area contributed by atoms with E-state index in [0.717, 1.165) is 0 Å². The van der Waals surface area contributed by atoms with Crippen molar-refractivity contribution in [1.82, 2.24) is 15.8 Å². The smallest absolute Gasteiger partial charge is 0.408 e. The first-order chi connectivity index (χ1) is 10.1. The molecular weight excluding hydrogens is 314 g/mol. The first kappa shape index (κ1) is 18.0. The molecule has 7 nitrogen and oxygen atoms in total. The van der Waals surface area contributed by atoms with E-state index in [2.05, 4.69) is 0 Å². The number of hydrazine groups is 1. The molecule has 0 aromatic carbocycles. The second-order valence-corrected chi connectivity index (χ2v) is 4.79. The van der Waals surface area contributed by atoms with Crippen molar-refractivity contribution in [2.24, 2.45) is 0 Å². The van der Waals surface area contributed by atoms with Gasteiger partial charge in [-0.25, -0.2) is 9.18 Å². The van der Waals surface area contributed by atoms with E-state index in [1.165, 1.54) is 0 Å². The van der Waals surface area contributed by atoms with Crippen LogP contribution in [-0.2, 0) is 9.59 Å². The number of nitrogens with zero attached hydrogens (tertiary/aromatic N) is 1. The predicted octanol–water partition coefficient (Wildman–Crippen LogP) is 0.957. The highest BCUT2D eigenvalue weighted by molar-refractivity contribution is 5.88. The monoisotopic (exact) mass is 329 g/mol. The zero-order valence-electron chi connectivity index (χ0n) is 11.3. The maximum absolute atomic E-state index is 13.1. The fourth-order valence-corrected chi connectivity index (χ4v) is 1.97. The van der Waals surface area contributed by atoms with E-state index in [9.17, 15) is 31.9 Å². The molecule has 0 aromatic heterocycles. The maximum atomic E-state index is 13.1. The lowest BCUT2D eigenvalue weighted by atomic mass is 10.2. The summed E-state index contributed by atoms with van der Waals surface area (Å²) in [5, 5.41) is 8.81. The van der Waals surface area contributed by atoms with Crippen LogP contribution in [0.25, 0.3) is 0 Å². The molecule has 22 heavy (non-hydrogen) atoms. The Labute approximate surface area is 122 Å². The molecule has 1 aliphatic rings. The number of carboxylic acid groups (broad SMARTS) is 1. The number of hydrogen-bond acceptors (Lipinski definition) is 3. The third-order valence-corrected chi connectivity index (χ3v) is 2.99. The average Bonchev–Trinajstić information content (AvgIpc) is 2.77. The first-order valence-corrected chi connectivity index (χ1v) is 6.39. The molecule has 126 valence electrons. The van der Waals surface area contributed by atoms with Crippen molar-refractivity contribution in [1.29, 1.82) is 0 Å². The van der Waals surface area contributed by atoms with Crippen molar-refractivity contribution >= 4 is 17.9 Å². The van der Waals surface area contributed by atoms with Crippen LogP contribution in [0.2, 0.25) is 0 Å². The summed E-state index contributed by atoms with van der Waals surface area (Å²) in [7, 11) is 0. The maximum Gasteiger partial charge on any atom is 0.408 e. The van der Waals surface area contributed by atoms with Crippen LogP contribution >= 0.6 is 0 Å². The van der Waals surface area contributed by atoms with Crippen molar-refractivity contribution in [2.45, 2.75) is 44.1 Å². The van der Waals surface area contributed by atoms with E-state index in [4.69, 9.17) is 5.11 Å². The van der Waals surface area contributed by atoms with E-state index in [1.807, 2.05) is 10.9 Å². The second-order valence-electron chi connectivity index (χ2n) is 4.79. The fraction of sp³-hybridized carbons (Fsp3) is 0.727. The normalized spacial score (nSPS) is 21.5. The van der Waals surface area contributed by atoms with Crippen LogP contribution in [0.1, 0.15) is 25.7 Å². The summed E-state index contributed by atoms with van der Waals surface area (Å²) in [6, 6.07) is -1.29. The SMILES string of the molecule is O=C(CCCC(F)(F)F)NNC(=O)[C@@H]1C[C@@H](F)CN1C(=O)O. The van der Waals surface area contributed by atoms with Gasteiger partial charge in [0, 0.05) is 19.3 Å². The number of carbonyl (C=O) groups excluding carboxylic acids is 2. The van der Waals surface area contributed by atoms with E-state index in [0.29, 0.717) is 4.90 Å². The van der Waals surface area contributed by atoms with Crippen molar-refractivity contribution in [3.63, 3.8) is 0 Å². The molecule has 1 fully saturated rings. The minimum absolute atomic E-state index is 0.345. The molecule has 1 rings (SSSR count). The zero-order chi connectivity index (χ0) is 16.9. The van der Waals surface area contributed by atoms with E-state index in [1.54, 1.807) is 0 Å². The summed E-state index contributed by atoms with van der Waals surface area (Å²) < 4.78 is 48.8. The minimum atomic E-state index is -4.37. The second kappa shape index (κ2) is 7.27. The van der Waals surface area contributed by atoms with Gasteiger partial charge in [-0.1, -0.05) is 0 Å². The summed E-state index contributed by atoms with van der Waals surface area (Å²) in [4.78, 5) is 34.3. The first-order valence-electron chi connectivity index (χ1n) is 6.39. The van der Waals surface area contributed by atoms with Crippen LogP contribution in [0, 0.1) is 0 Å². The Morgan fingerprint density at radius 2 is 1.86 bits per heavy atom. The third-order valence-electron chi connectivity index (χ3n) is 2.99. The number of halogens is 4. The summed E-state index contributed by atoms with van der Waals surface area (Å²) in [6.07, 6.45) is -9.71. The number of hydrogen-bond donors (Lipinski definition) is 3. The Hall–Kier alpha value is -2.07. The van der Waals surface area contributed by atoms with Crippen LogP contribution in [0.5, 0.6) is 0 Å². The average molecular weight is 329 g/mol. The number of carbonyl (C=O) groups is 3. The van der Waals surface area contributed by atoms with Crippen molar-refractivity contribution < 1.29 is 37.1 Å². The topological polar surface area (TPSA) is 98.7 Å². The van der Waals surface area contributed by atoms with Gasteiger partial charge in [0.15, 0.2) is 0 Å². The van der Waals surface area contributed by atoms with Gasteiger partial charge < -0.3 is 5.11 Å². The highest BCUT2D eigenvalue weighted by atomic mass is 19.4. The number of likely N-dealkylation sites (tertiary alicyclic amines) is 1. The molecule has 0 spiro atoms. The standard InChI is InChI=1S/C11H15F4N3O4/c12-6-4-7(18(5-6)10(21)22)9(20)17-16-8(19)2-1-3-11(13,14)15/h6-7H,1-5H2,(H,16,19)(H,17,20)(H,21,22)/t6-,7+/m1/s1. The van der Waals surface area contributed by atoms with Gasteiger partial charge in [-0.05, 0) is 6.42 Å². The van der Waals surface area contributed by atoms with Gasteiger partial charge in [0.05, 0.1) is 6.54 Å². The van der Waals surface area contributed by atoms with Crippen molar-refractivity contribution in [3.8, 4) is 0 Å². The van der Waals surface area contributed by atoms with E-state index >= 15 is 0 Å². The third kappa shape index (κ3) is 5.74. The van der Waals surface area contributed by atoms with Crippen LogP contribution in [0.4, 0.5) is 22.4 Å². The van der Waals surface area contributed by atoms with Gasteiger partial charge in [-0.3, -0.25) is 25.3 Å². The molecule has 0 aliphatic carbocycles. The van der Waals surface area contributed by atoms with E-state index in [-0.39, 0.29) is 6.42 Å². The number of amides is 3. The molecule has 0 saturated carbocycles. The molecule has 3 amide bonds. The lowest BCUT2D eigenvalue weighted by Gasteiger charge is -2.20. The lowest BCUT2D eigenvalue weighted by molar-refractivity contribution is -0.138. The molecular formula is C11H15F4N3O4. The quantitative estimate of drug-likeness (QED) is 0.528. The van der Waals surface area contributed by atoms with Gasteiger partial charge in [0.25, 0.3) is 5.91 Å². The summed E-state index contributed by atoms with van der Waals surface area (Å²) in [5.41, 5.74) is 3.76. The van der Waals surface area contributed by atoms with Gasteiger partial charge >= 0.3 is 12.3 Å². The molecule has 1 heterocycles. The van der Waals surface area contributed by atoms with Crippen molar-refractivity contribution in [2.75, 3.05) is 6.54 Å². The van der Waals surface area contributed by atoms with Crippen LogP contribution in [0.3, 0.4) is 0 Å². The Kier molecular flexibility index (Phi) is 5.94. The summed E-state index contributed by atoms with van der Waals surface area (Å²) in [6.45, 7) is -0.451. The Morgan fingerprint density at radius 1 is 1.23 bits per heavy atom. The highest BCUT2D eigenvalue weighted by Crippen LogP contribution is 2.22. The molecule has 1 saturated heterocycles. The molecule has 2 atom stereocenters. The Morgan fingerprint density at radius 3 is 2.41 bits per heavy atom. The molecule has 11 heteroatoms. The fourth-order valence-electron chi connectivity index (χ4n) is 1.97. The van der Waals surface area contributed by atoms with Crippen LogP contribution in [-0.4, -0.2) is 52.8 Å². The Bertz CT molecular complexity index is 444.